The molecule has 6 nitrogen and oxygen atoms in total. The highest BCUT2D eigenvalue weighted by molar-refractivity contribution is 5.99. The van der Waals surface area contributed by atoms with Gasteiger partial charge in [0, 0.05) is 29.9 Å². The van der Waals surface area contributed by atoms with Crippen molar-refractivity contribution in [1.29, 1.82) is 0 Å². The van der Waals surface area contributed by atoms with Crippen molar-refractivity contribution in [1.82, 2.24) is 5.32 Å². The van der Waals surface area contributed by atoms with Gasteiger partial charge in [-0.3, -0.25) is 9.59 Å². The van der Waals surface area contributed by atoms with Crippen LogP contribution in [0.25, 0.3) is 11.1 Å². The van der Waals surface area contributed by atoms with Crippen molar-refractivity contribution in [2.45, 2.75) is 32.4 Å². The van der Waals surface area contributed by atoms with Crippen molar-refractivity contribution in [2.75, 3.05) is 18.6 Å². The number of nitrogens with zero attached hydrogens (tertiary/aromatic N) is 1. The highest BCUT2D eigenvalue weighted by Gasteiger charge is 2.20. The Hall–Kier alpha value is -4.58. The number of ether oxygens (including phenoxy) is 1. The van der Waals surface area contributed by atoms with Crippen LogP contribution in [-0.4, -0.2) is 25.5 Å². The van der Waals surface area contributed by atoms with Gasteiger partial charge in [-0.05, 0) is 84.0 Å². The molecule has 0 saturated heterocycles. The number of hydrogen-bond acceptors (Lipinski definition) is 4. The van der Waals surface area contributed by atoms with E-state index in [-0.39, 0.29) is 11.9 Å². The number of hydrogen-bond donors (Lipinski definition) is 2. The van der Waals surface area contributed by atoms with Crippen molar-refractivity contribution >= 4 is 17.5 Å². The minimum Gasteiger partial charge on any atom is -0.497 e. The third-order valence-corrected chi connectivity index (χ3v) is 7.33. The predicted octanol–water partition coefficient (Wildman–Crippen LogP) is 5.90. The van der Waals surface area contributed by atoms with E-state index in [1.165, 1.54) is 16.8 Å². The van der Waals surface area contributed by atoms with Gasteiger partial charge in [-0.1, -0.05) is 54.6 Å². The molecule has 0 unspecified atom stereocenters. The van der Waals surface area contributed by atoms with Crippen molar-refractivity contribution in [3.63, 3.8) is 0 Å². The molecule has 5 rings (SSSR count). The zero-order chi connectivity index (χ0) is 27.4. The number of aryl methyl sites for hydroxylation is 1. The number of anilines is 1. The van der Waals surface area contributed by atoms with Gasteiger partial charge < -0.3 is 20.7 Å². The van der Waals surface area contributed by atoms with Crippen molar-refractivity contribution in [2.24, 2.45) is 5.73 Å². The smallest absolute Gasteiger partial charge is 0.251 e. The Morgan fingerprint density at radius 2 is 1.77 bits per heavy atom. The molecule has 1 aliphatic rings. The van der Waals surface area contributed by atoms with Gasteiger partial charge in [-0.25, -0.2) is 0 Å². The van der Waals surface area contributed by atoms with Crippen LogP contribution in [0, 0.1) is 0 Å². The molecule has 4 aromatic carbocycles. The van der Waals surface area contributed by atoms with Gasteiger partial charge in [0.2, 0.25) is 5.91 Å². The minimum absolute atomic E-state index is 0.0860. The molecule has 1 aliphatic heterocycles. The average molecular weight is 520 g/mol. The fourth-order valence-corrected chi connectivity index (χ4v) is 5.21. The first-order valence-electron chi connectivity index (χ1n) is 13.2. The molecular formula is C33H33N3O3. The van der Waals surface area contributed by atoms with Crippen molar-refractivity contribution < 1.29 is 14.3 Å². The number of carbonyl (C=O) groups is 2. The highest BCUT2D eigenvalue weighted by Crippen LogP contribution is 2.31. The molecule has 198 valence electrons. The van der Waals surface area contributed by atoms with Crippen LogP contribution in [0.3, 0.4) is 0 Å². The van der Waals surface area contributed by atoms with E-state index in [0.717, 1.165) is 48.4 Å². The zero-order valence-electron chi connectivity index (χ0n) is 22.3. The number of carbonyl (C=O) groups excluding carboxylic acids is 2. The van der Waals surface area contributed by atoms with Crippen LogP contribution in [0.4, 0.5) is 5.69 Å². The van der Waals surface area contributed by atoms with Gasteiger partial charge in [0.05, 0.1) is 13.2 Å². The molecule has 0 fully saturated rings. The molecule has 0 spiro atoms. The van der Waals surface area contributed by atoms with E-state index in [1.807, 2.05) is 73.7 Å². The Kier molecular flexibility index (Phi) is 7.64. The van der Waals surface area contributed by atoms with E-state index in [4.69, 9.17) is 10.5 Å². The normalized spacial score (nSPS) is 13.3. The van der Waals surface area contributed by atoms with Crippen LogP contribution in [0.2, 0.25) is 0 Å². The number of rotatable bonds is 8. The fraction of sp³-hybridized carbons (Fsp3) is 0.212. The average Bonchev–Trinajstić information content (AvgIpc) is 2.97. The third kappa shape index (κ3) is 5.80. The maximum atomic E-state index is 13.1. The summed E-state index contributed by atoms with van der Waals surface area (Å²) in [7, 11) is 1.64. The van der Waals surface area contributed by atoms with Crippen LogP contribution in [-0.2, 0) is 13.0 Å². The maximum absolute atomic E-state index is 13.1. The number of nitrogens with one attached hydrogen (secondary N) is 1. The number of fused-ring (bicyclic) bond motifs is 1. The van der Waals surface area contributed by atoms with Gasteiger partial charge in [0.1, 0.15) is 5.75 Å². The molecule has 1 atom stereocenters. The summed E-state index contributed by atoms with van der Waals surface area (Å²) >= 11 is 0. The second-order valence-corrected chi connectivity index (χ2v) is 9.95. The summed E-state index contributed by atoms with van der Waals surface area (Å²) in [4.78, 5) is 27.3. The molecule has 0 radical (unpaired) electrons. The highest BCUT2D eigenvalue weighted by atomic mass is 16.5. The number of methoxy groups -OCH3 is 1. The monoisotopic (exact) mass is 519 g/mol. The summed E-state index contributed by atoms with van der Waals surface area (Å²) < 4.78 is 5.31. The van der Waals surface area contributed by atoms with E-state index in [9.17, 15) is 9.59 Å². The molecule has 0 bridgehead atoms. The van der Waals surface area contributed by atoms with Crippen LogP contribution in [0.15, 0.2) is 91.0 Å². The molecule has 1 heterocycles. The van der Waals surface area contributed by atoms with Crippen LogP contribution < -0.4 is 20.7 Å². The molecule has 0 saturated carbocycles. The number of primary amides is 1. The largest absolute Gasteiger partial charge is 0.497 e. The summed E-state index contributed by atoms with van der Waals surface area (Å²) in [6.45, 7) is 3.70. The topological polar surface area (TPSA) is 84.7 Å². The second kappa shape index (κ2) is 11.4. The Balaban J connectivity index is 1.28. The number of nitrogens with two attached hydrogens (primary N) is 1. The Morgan fingerprint density at radius 3 is 2.54 bits per heavy atom. The molecule has 3 N–H and O–H groups in total. The van der Waals surface area contributed by atoms with Gasteiger partial charge in [-0.15, -0.1) is 0 Å². The Labute approximate surface area is 229 Å². The van der Waals surface area contributed by atoms with E-state index < -0.39 is 5.91 Å². The van der Waals surface area contributed by atoms with E-state index in [0.29, 0.717) is 11.1 Å². The zero-order valence-corrected chi connectivity index (χ0v) is 22.3. The first kappa shape index (κ1) is 26.0. The van der Waals surface area contributed by atoms with Gasteiger partial charge in [0.25, 0.3) is 5.91 Å². The molecule has 2 amide bonds. The lowest BCUT2D eigenvalue weighted by Crippen LogP contribution is -2.30. The molecule has 4 aromatic rings. The van der Waals surface area contributed by atoms with Crippen LogP contribution in [0.1, 0.15) is 56.8 Å². The van der Waals surface area contributed by atoms with Gasteiger partial charge in [-0.2, -0.15) is 0 Å². The van der Waals surface area contributed by atoms with Gasteiger partial charge in [0.15, 0.2) is 0 Å². The Morgan fingerprint density at radius 1 is 0.974 bits per heavy atom. The summed E-state index contributed by atoms with van der Waals surface area (Å²) in [5, 5.41) is 3.11. The predicted molar refractivity (Wildman–Crippen MR) is 155 cm³/mol. The lowest BCUT2D eigenvalue weighted by molar-refractivity contribution is 0.0938. The maximum Gasteiger partial charge on any atom is 0.251 e. The lowest BCUT2D eigenvalue weighted by Gasteiger charge is -2.32. The van der Waals surface area contributed by atoms with E-state index in [2.05, 4.69) is 28.4 Å². The molecular weight excluding hydrogens is 486 g/mol. The van der Waals surface area contributed by atoms with E-state index in [1.54, 1.807) is 13.2 Å². The van der Waals surface area contributed by atoms with E-state index >= 15 is 0 Å². The van der Waals surface area contributed by atoms with Crippen LogP contribution >= 0.6 is 0 Å². The standard InChI is InChI=1S/C33H33N3O3/c1-22(25-7-5-9-28(20-25)39-2)35-33(38)27-16-17-31-26(19-27)8-6-18-36(31)21-23-12-14-24(15-13-23)29-10-3-4-11-30(29)32(34)37/h3-5,7,9-17,19-20,22H,6,8,18,21H2,1-2H3,(H2,34,37)(H,35,38)/t22-/m0/s1. The van der Waals surface area contributed by atoms with Crippen molar-refractivity contribution in [3.8, 4) is 16.9 Å². The summed E-state index contributed by atoms with van der Waals surface area (Å²) in [6, 6.07) is 29.3. The molecule has 0 aliphatic carbocycles. The summed E-state index contributed by atoms with van der Waals surface area (Å²) in [5.74, 6) is 0.257. The SMILES string of the molecule is COc1cccc([C@H](C)NC(=O)c2ccc3c(c2)CCCN3Cc2ccc(-c3ccccc3C(N)=O)cc2)c1. The van der Waals surface area contributed by atoms with Crippen molar-refractivity contribution in [3.05, 3.63) is 119 Å². The number of amides is 2. The fourth-order valence-electron chi connectivity index (χ4n) is 5.21. The second-order valence-electron chi connectivity index (χ2n) is 9.95. The summed E-state index contributed by atoms with van der Waals surface area (Å²) in [5.41, 5.74) is 13.1. The molecule has 6 heteroatoms. The quantitative estimate of drug-likeness (QED) is 0.303. The molecule has 39 heavy (non-hydrogen) atoms. The minimum atomic E-state index is -0.428. The number of benzene rings is 4. The molecule has 0 aromatic heterocycles. The third-order valence-electron chi connectivity index (χ3n) is 7.33. The van der Waals surface area contributed by atoms with Gasteiger partial charge >= 0.3 is 0 Å². The summed E-state index contributed by atoms with van der Waals surface area (Å²) in [6.07, 6.45) is 1.98. The first-order chi connectivity index (χ1) is 18.9. The lowest BCUT2D eigenvalue weighted by atomic mass is 9.96. The van der Waals surface area contributed by atoms with Crippen LogP contribution in [0.5, 0.6) is 5.75 Å². The Bertz CT molecular complexity index is 1500. The first-order valence-corrected chi connectivity index (χ1v) is 13.2.